The van der Waals surface area contributed by atoms with E-state index < -0.39 is 24.5 Å². The van der Waals surface area contributed by atoms with Crippen molar-refractivity contribution in [3.05, 3.63) is 0 Å². The second-order valence-corrected chi connectivity index (χ2v) is 4.48. The van der Waals surface area contributed by atoms with E-state index in [-0.39, 0.29) is 12.0 Å². The number of ether oxygens (including phenoxy) is 3. The first-order valence-electron chi connectivity index (χ1n) is 6.23. The number of hydrogen-bond acceptors (Lipinski definition) is 5. The van der Waals surface area contributed by atoms with Gasteiger partial charge in [-0.3, -0.25) is 4.79 Å². The fourth-order valence-electron chi connectivity index (χ4n) is 2.14. The van der Waals surface area contributed by atoms with Gasteiger partial charge in [-0.1, -0.05) is 6.92 Å². The molecule has 1 amide bonds. The first kappa shape index (κ1) is 15.4. The number of amides is 1. The Morgan fingerprint density at radius 1 is 1.39 bits per heavy atom. The lowest BCUT2D eigenvalue weighted by molar-refractivity contribution is -0.269. The van der Waals surface area contributed by atoms with Crippen LogP contribution in [0, 0.1) is 0 Å². The van der Waals surface area contributed by atoms with E-state index in [4.69, 9.17) is 14.2 Å². The lowest BCUT2D eigenvalue weighted by Crippen LogP contribution is -2.63. The molecule has 1 heterocycles. The maximum absolute atomic E-state index is 11.6. The Labute approximate surface area is 108 Å². The van der Waals surface area contributed by atoms with E-state index in [2.05, 4.69) is 5.32 Å². The van der Waals surface area contributed by atoms with E-state index in [1.165, 1.54) is 14.2 Å². The van der Waals surface area contributed by atoms with Crippen LogP contribution in [0.1, 0.15) is 26.7 Å². The summed E-state index contributed by atoms with van der Waals surface area (Å²) in [5, 5.41) is 13.0. The third kappa shape index (κ3) is 3.41. The average molecular weight is 261 g/mol. The summed E-state index contributed by atoms with van der Waals surface area (Å²) in [5.74, 6) is -0.0947. The first-order valence-corrected chi connectivity index (χ1v) is 6.23. The van der Waals surface area contributed by atoms with Gasteiger partial charge in [0.25, 0.3) is 0 Å². The highest BCUT2D eigenvalue weighted by Gasteiger charge is 2.44. The minimum atomic E-state index is -0.857. The van der Waals surface area contributed by atoms with E-state index in [1.807, 2.05) is 6.92 Å². The number of aliphatic hydroxyl groups excluding tert-OH is 1. The zero-order chi connectivity index (χ0) is 13.7. The van der Waals surface area contributed by atoms with Crippen molar-refractivity contribution < 1.29 is 24.1 Å². The minimum absolute atomic E-state index is 0.0947. The molecule has 106 valence electrons. The molecule has 0 spiro atoms. The second kappa shape index (κ2) is 7.04. The maximum Gasteiger partial charge on any atom is 0.220 e. The fraction of sp³-hybridized carbons (Fsp3) is 0.917. The summed E-state index contributed by atoms with van der Waals surface area (Å²) < 4.78 is 15.9. The van der Waals surface area contributed by atoms with Gasteiger partial charge in [0.1, 0.15) is 12.2 Å². The Bertz CT molecular complexity index is 273. The highest BCUT2D eigenvalue weighted by Crippen LogP contribution is 2.23. The summed E-state index contributed by atoms with van der Waals surface area (Å²) in [4.78, 5) is 11.6. The van der Waals surface area contributed by atoms with Crippen LogP contribution in [0.2, 0.25) is 0 Å². The zero-order valence-corrected chi connectivity index (χ0v) is 11.4. The smallest absolute Gasteiger partial charge is 0.220 e. The Hall–Kier alpha value is -0.690. The second-order valence-electron chi connectivity index (χ2n) is 4.48. The molecule has 0 aromatic rings. The van der Waals surface area contributed by atoms with Crippen molar-refractivity contribution in [2.45, 2.75) is 57.3 Å². The zero-order valence-electron chi connectivity index (χ0n) is 11.4. The lowest BCUT2D eigenvalue weighted by atomic mass is 9.96. The molecular formula is C12H23NO5. The van der Waals surface area contributed by atoms with Gasteiger partial charge in [-0.25, -0.2) is 0 Å². The SMILES string of the molecule is CCCC(=O)N[C@H]1[C@H](O)[C@@H](OC)[C@@H](OC)O[C@@H]1C. The molecule has 18 heavy (non-hydrogen) atoms. The topological polar surface area (TPSA) is 77.0 Å². The molecule has 0 aromatic heterocycles. The Balaban J connectivity index is 2.70. The Kier molecular flexibility index (Phi) is 6.01. The van der Waals surface area contributed by atoms with Gasteiger partial charge < -0.3 is 24.6 Å². The first-order chi connectivity index (χ1) is 8.54. The van der Waals surface area contributed by atoms with Crippen molar-refractivity contribution in [3.8, 4) is 0 Å². The van der Waals surface area contributed by atoms with Gasteiger partial charge in [-0.15, -0.1) is 0 Å². The molecule has 1 saturated heterocycles. The van der Waals surface area contributed by atoms with Gasteiger partial charge in [0, 0.05) is 20.6 Å². The summed E-state index contributed by atoms with van der Waals surface area (Å²) >= 11 is 0. The van der Waals surface area contributed by atoms with E-state index in [0.29, 0.717) is 6.42 Å². The van der Waals surface area contributed by atoms with Crippen molar-refractivity contribution in [1.82, 2.24) is 5.32 Å². The normalized spacial score (nSPS) is 36.4. The van der Waals surface area contributed by atoms with Crippen LogP contribution in [-0.2, 0) is 19.0 Å². The van der Waals surface area contributed by atoms with E-state index >= 15 is 0 Å². The number of rotatable bonds is 5. The van der Waals surface area contributed by atoms with Gasteiger partial charge in [-0.2, -0.15) is 0 Å². The largest absolute Gasteiger partial charge is 0.388 e. The predicted molar refractivity (Wildman–Crippen MR) is 65.0 cm³/mol. The van der Waals surface area contributed by atoms with E-state index in [0.717, 1.165) is 6.42 Å². The van der Waals surface area contributed by atoms with Crippen molar-refractivity contribution in [1.29, 1.82) is 0 Å². The molecule has 1 rings (SSSR count). The van der Waals surface area contributed by atoms with Crippen LogP contribution in [0.3, 0.4) is 0 Å². The highest BCUT2D eigenvalue weighted by atomic mass is 16.7. The molecule has 0 unspecified atom stereocenters. The van der Waals surface area contributed by atoms with Crippen LogP contribution in [0.15, 0.2) is 0 Å². The molecule has 0 radical (unpaired) electrons. The Morgan fingerprint density at radius 3 is 2.56 bits per heavy atom. The summed E-state index contributed by atoms with van der Waals surface area (Å²) in [6, 6.07) is -0.486. The van der Waals surface area contributed by atoms with Gasteiger partial charge >= 0.3 is 0 Å². The molecule has 0 aliphatic carbocycles. The van der Waals surface area contributed by atoms with Crippen LogP contribution in [0.4, 0.5) is 0 Å². The third-order valence-electron chi connectivity index (χ3n) is 3.14. The van der Waals surface area contributed by atoms with Crippen LogP contribution < -0.4 is 5.32 Å². The van der Waals surface area contributed by atoms with Gasteiger partial charge in [0.05, 0.1) is 12.1 Å². The molecule has 6 nitrogen and oxygen atoms in total. The molecule has 0 saturated carbocycles. The molecule has 1 aliphatic heterocycles. The molecule has 5 atom stereocenters. The maximum atomic E-state index is 11.6. The minimum Gasteiger partial charge on any atom is -0.388 e. The van der Waals surface area contributed by atoms with Crippen LogP contribution in [0.25, 0.3) is 0 Å². The number of carbonyl (C=O) groups excluding carboxylic acids is 1. The summed E-state index contributed by atoms with van der Waals surface area (Å²) in [6.45, 7) is 3.72. The summed E-state index contributed by atoms with van der Waals surface area (Å²) in [7, 11) is 2.97. The van der Waals surface area contributed by atoms with E-state index in [9.17, 15) is 9.90 Å². The lowest BCUT2D eigenvalue weighted by Gasteiger charge is -2.42. The number of aliphatic hydroxyl groups is 1. The van der Waals surface area contributed by atoms with Gasteiger partial charge in [-0.05, 0) is 13.3 Å². The number of methoxy groups -OCH3 is 2. The highest BCUT2D eigenvalue weighted by molar-refractivity contribution is 5.76. The van der Waals surface area contributed by atoms with E-state index in [1.54, 1.807) is 6.92 Å². The molecule has 0 bridgehead atoms. The molecule has 1 fully saturated rings. The quantitative estimate of drug-likeness (QED) is 0.730. The van der Waals surface area contributed by atoms with Crippen LogP contribution >= 0.6 is 0 Å². The number of nitrogens with one attached hydrogen (secondary N) is 1. The summed E-state index contributed by atoms with van der Waals surface area (Å²) in [6.07, 6.45) is -1.24. The van der Waals surface area contributed by atoms with Gasteiger partial charge in [0.15, 0.2) is 6.29 Å². The van der Waals surface area contributed by atoms with Crippen molar-refractivity contribution >= 4 is 5.91 Å². The van der Waals surface area contributed by atoms with Gasteiger partial charge in [0.2, 0.25) is 5.91 Å². The van der Waals surface area contributed by atoms with Crippen LogP contribution in [0.5, 0.6) is 0 Å². The molecular weight excluding hydrogens is 238 g/mol. The number of hydrogen-bond donors (Lipinski definition) is 2. The van der Waals surface area contributed by atoms with Crippen molar-refractivity contribution in [2.24, 2.45) is 0 Å². The molecule has 0 aromatic carbocycles. The molecule has 1 aliphatic rings. The van der Waals surface area contributed by atoms with Crippen molar-refractivity contribution in [2.75, 3.05) is 14.2 Å². The van der Waals surface area contributed by atoms with Crippen molar-refractivity contribution in [3.63, 3.8) is 0 Å². The monoisotopic (exact) mass is 261 g/mol. The van der Waals surface area contributed by atoms with Crippen LogP contribution in [-0.4, -0.2) is 55.9 Å². The predicted octanol–water partition coefficient (Wildman–Crippen LogP) is 0.0384. The molecule has 6 heteroatoms. The fourth-order valence-corrected chi connectivity index (χ4v) is 2.14. The Morgan fingerprint density at radius 2 is 2.06 bits per heavy atom. The standard InChI is InChI=1S/C12H23NO5/c1-5-6-8(14)13-9-7(2)18-12(17-4)11(16-3)10(9)15/h7,9-12,15H,5-6H2,1-4H3,(H,13,14)/t7-,9-,10+,11-,12+/m1/s1. The molecule has 2 N–H and O–H groups in total. The third-order valence-corrected chi connectivity index (χ3v) is 3.14. The number of carbonyl (C=O) groups is 1. The summed E-state index contributed by atoms with van der Waals surface area (Å²) in [5.41, 5.74) is 0. The average Bonchev–Trinajstić information content (AvgIpc) is 2.34.